The number of nitrogens with zero attached hydrogens (tertiary/aromatic N) is 2. The van der Waals surface area contributed by atoms with Crippen molar-refractivity contribution in [2.24, 2.45) is 0 Å². The highest BCUT2D eigenvalue weighted by Crippen LogP contribution is 2.49. The summed E-state index contributed by atoms with van der Waals surface area (Å²) in [6.45, 7) is 2.27. The lowest BCUT2D eigenvalue weighted by molar-refractivity contribution is 0.0551. The van der Waals surface area contributed by atoms with Gasteiger partial charge in [-0.25, -0.2) is 17.9 Å². The smallest absolute Gasteiger partial charge is 0.306 e. The van der Waals surface area contributed by atoms with Crippen molar-refractivity contribution in [1.82, 2.24) is 14.5 Å². The number of hydrogen-bond acceptors (Lipinski definition) is 4. The zero-order valence-electron chi connectivity index (χ0n) is 17.7. The van der Waals surface area contributed by atoms with Crippen LogP contribution in [0.1, 0.15) is 27.0 Å². The second-order valence-electron chi connectivity index (χ2n) is 8.06. The summed E-state index contributed by atoms with van der Waals surface area (Å²) in [5, 5.41) is 0.509. The van der Waals surface area contributed by atoms with Gasteiger partial charge in [0.15, 0.2) is 5.66 Å². The second kappa shape index (κ2) is 7.60. The molecule has 0 radical (unpaired) electrons. The zero-order valence-corrected chi connectivity index (χ0v) is 19.2. The maximum Gasteiger partial charge on any atom is 0.333 e. The molecule has 0 bridgehead atoms. The van der Waals surface area contributed by atoms with Gasteiger partial charge in [-0.2, -0.15) is 0 Å². The average molecular weight is 482 g/mol. The van der Waals surface area contributed by atoms with E-state index in [-0.39, 0.29) is 23.9 Å². The summed E-state index contributed by atoms with van der Waals surface area (Å²) in [7, 11) is -4.11. The number of carbonyl (C=O) groups is 2. The molecule has 0 spiro atoms. The van der Waals surface area contributed by atoms with Gasteiger partial charge in [0.25, 0.3) is 15.9 Å². The van der Waals surface area contributed by atoms with Crippen LogP contribution in [0.25, 0.3) is 0 Å². The van der Waals surface area contributed by atoms with E-state index in [1.54, 1.807) is 65.6 Å². The first-order chi connectivity index (χ1) is 15.7. The summed E-state index contributed by atoms with van der Waals surface area (Å²) in [5.41, 5.74) is 1.37. The molecule has 1 fully saturated rings. The number of rotatable bonds is 3. The number of sulfonamides is 1. The van der Waals surface area contributed by atoms with Crippen LogP contribution >= 0.6 is 11.6 Å². The van der Waals surface area contributed by atoms with E-state index in [0.29, 0.717) is 21.7 Å². The number of halogens is 1. The van der Waals surface area contributed by atoms with Gasteiger partial charge >= 0.3 is 6.03 Å². The molecule has 0 saturated carbocycles. The summed E-state index contributed by atoms with van der Waals surface area (Å²) in [4.78, 5) is 29.7. The van der Waals surface area contributed by atoms with Crippen LogP contribution in [0.15, 0.2) is 77.7 Å². The number of carbonyl (C=O) groups excluding carboxylic acids is 2. The van der Waals surface area contributed by atoms with Crippen LogP contribution in [-0.4, -0.2) is 43.2 Å². The fraction of sp³-hybridized carbons (Fsp3) is 0.167. The van der Waals surface area contributed by atoms with Gasteiger partial charge in [0, 0.05) is 34.8 Å². The molecule has 1 unspecified atom stereocenters. The average Bonchev–Trinajstić information content (AvgIpc) is 3.30. The lowest BCUT2D eigenvalue weighted by Crippen LogP contribution is -2.55. The molecule has 2 aliphatic rings. The first-order valence-corrected chi connectivity index (χ1v) is 12.2. The lowest BCUT2D eigenvalue weighted by Gasteiger charge is -2.40. The van der Waals surface area contributed by atoms with Crippen LogP contribution in [-0.2, 0) is 15.7 Å². The van der Waals surface area contributed by atoms with Crippen molar-refractivity contribution in [3.8, 4) is 0 Å². The molecule has 0 aliphatic carbocycles. The van der Waals surface area contributed by atoms with Crippen molar-refractivity contribution >= 4 is 33.6 Å². The predicted molar refractivity (Wildman–Crippen MR) is 123 cm³/mol. The molecule has 1 atom stereocenters. The summed E-state index contributed by atoms with van der Waals surface area (Å²) < 4.78 is 28.1. The molecule has 3 aromatic rings. The van der Waals surface area contributed by atoms with Gasteiger partial charge in [0.2, 0.25) is 0 Å². The van der Waals surface area contributed by atoms with E-state index in [0.717, 1.165) is 5.56 Å². The van der Waals surface area contributed by atoms with Crippen molar-refractivity contribution < 1.29 is 18.0 Å². The number of hydrogen-bond donors (Lipinski definition) is 1. The van der Waals surface area contributed by atoms with Crippen LogP contribution in [0.2, 0.25) is 5.02 Å². The Bertz CT molecular complexity index is 1370. The van der Waals surface area contributed by atoms with Gasteiger partial charge in [-0.1, -0.05) is 59.6 Å². The van der Waals surface area contributed by atoms with E-state index in [2.05, 4.69) is 4.72 Å². The largest absolute Gasteiger partial charge is 0.333 e. The van der Waals surface area contributed by atoms with Crippen LogP contribution in [0.5, 0.6) is 0 Å². The van der Waals surface area contributed by atoms with Gasteiger partial charge in [-0.05, 0) is 37.3 Å². The molecule has 2 heterocycles. The third kappa shape index (κ3) is 3.20. The quantitative estimate of drug-likeness (QED) is 0.617. The van der Waals surface area contributed by atoms with Crippen molar-refractivity contribution in [2.45, 2.75) is 17.5 Å². The molecule has 1 saturated heterocycles. The Morgan fingerprint density at radius 1 is 0.970 bits per heavy atom. The molecule has 1 N–H and O–H groups in total. The minimum atomic E-state index is -4.11. The maximum atomic E-state index is 13.5. The zero-order chi connectivity index (χ0) is 23.4. The molecule has 5 rings (SSSR count). The van der Waals surface area contributed by atoms with Crippen LogP contribution in [0, 0.1) is 6.92 Å². The highest BCUT2D eigenvalue weighted by Gasteiger charge is 2.59. The Kier molecular flexibility index (Phi) is 4.95. The standard InChI is InChI=1S/C24H20ClN3O4S/c1-16-6-12-19(13-7-16)33(31,32)26-23(30)28-15-14-27-22(29)20-4-2-3-5-21(20)24(27,28)17-8-10-18(25)11-9-17/h2-13H,14-15H2,1H3,(H,26,30). The minimum absolute atomic E-state index is 0.0130. The molecule has 3 amide bonds. The van der Waals surface area contributed by atoms with E-state index < -0.39 is 21.7 Å². The second-order valence-corrected chi connectivity index (χ2v) is 10.2. The Hall–Kier alpha value is -3.36. The topological polar surface area (TPSA) is 86.8 Å². The number of urea groups is 1. The van der Waals surface area contributed by atoms with Gasteiger partial charge in [0.1, 0.15) is 0 Å². The van der Waals surface area contributed by atoms with E-state index in [9.17, 15) is 18.0 Å². The van der Waals surface area contributed by atoms with E-state index >= 15 is 0 Å². The number of nitrogens with one attached hydrogen (secondary N) is 1. The number of amides is 3. The lowest BCUT2D eigenvalue weighted by atomic mass is 9.90. The first-order valence-electron chi connectivity index (χ1n) is 10.3. The molecular formula is C24H20ClN3O4S. The van der Waals surface area contributed by atoms with Gasteiger partial charge in [-0.15, -0.1) is 0 Å². The Balaban J connectivity index is 1.61. The molecule has 0 aromatic heterocycles. The molecular weight excluding hydrogens is 462 g/mol. The SMILES string of the molecule is Cc1ccc(S(=O)(=O)NC(=O)N2CCN3C(=O)c4ccccc4C23c2ccc(Cl)cc2)cc1. The van der Waals surface area contributed by atoms with E-state index in [1.165, 1.54) is 17.0 Å². The third-order valence-corrected chi connectivity index (χ3v) is 7.74. The summed E-state index contributed by atoms with van der Waals surface area (Å²) >= 11 is 6.10. The van der Waals surface area contributed by atoms with Crippen molar-refractivity contribution in [1.29, 1.82) is 0 Å². The molecule has 3 aromatic carbocycles. The number of aryl methyl sites for hydroxylation is 1. The Morgan fingerprint density at radius 3 is 2.33 bits per heavy atom. The van der Waals surface area contributed by atoms with Gasteiger partial charge in [0.05, 0.1) is 4.90 Å². The van der Waals surface area contributed by atoms with Gasteiger partial charge < -0.3 is 4.90 Å². The summed E-state index contributed by atoms with van der Waals surface area (Å²) in [6, 6.07) is 19.4. The monoisotopic (exact) mass is 481 g/mol. The fourth-order valence-corrected chi connectivity index (χ4v) is 5.75. The fourth-order valence-electron chi connectivity index (χ4n) is 4.67. The molecule has 7 nitrogen and oxygen atoms in total. The highest BCUT2D eigenvalue weighted by atomic mass is 35.5. The highest BCUT2D eigenvalue weighted by molar-refractivity contribution is 7.90. The summed E-state index contributed by atoms with van der Waals surface area (Å²) in [5.74, 6) is -0.211. The van der Waals surface area contributed by atoms with Crippen molar-refractivity contribution in [3.05, 3.63) is 100 Å². The molecule has 9 heteroatoms. The number of benzene rings is 3. The Morgan fingerprint density at radius 2 is 1.64 bits per heavy atom. The van der Waals surface area contributed by atoms with Crippen LogP contribution in [0.4, 0.5) is 4.79 Å². The first kappa shape index (κ1) is 21.5. The predicted octanol–water partition coefficient (Wildman–Crippen LogP) is 3.72. The molecule has 33 heavy (non-hydrogen) atoms. The normalized spacial score (nSPS) is 19.4. The van der Waals surface area contributed by atoms with Crippen molar-refractivity contribution in [2.75, 3.05) is 13.1 Å². The minimum Gasteiger partial charge on any atom is -0.306 e. The molecule has 2 aliphatic heterocycles. The van der Waals surface area contributed by atoms with Crippen molar-refractivity contribution in [3.63, 3.8) is 0 Å². The van der Waals surface area contributed by atoms with Gasteiger partial charge in [-0.3, -0.25) is 9.69 Å². The Labute approximate surface area is 196 Å². The van der Waals surface area contributed by atoms with E-state index in [1.807, 2.05) is 6.92 Å². The molecule has 168 valence electrons. The third-order valence-electron chi connectivity index (χ3n) is 6.15. The summed E-state index contributed by atoms with van der Waals surface area (Å²) in [6.07, 6.45) is 0. The maximum absolute atomic E-state index is 13.5. The number of fused-ring (bicyclic) bond motifs is 3. The van der Waals surface area contributed by atoms with Crippen LogP contribution in [0.3, 0.4) is 0 Å². The van der Waals surface area contributed by atoms with E-state index in [4.69, 9.17) is 11.6 Å². The van der Waals surface area contributed by atoms with Crippen LogP contribution < -0.4 is 4.72 Å².